The zero-order chi connectivity index (χ0) is 18.9. The second-order valence-electron chi connectivity index (χ2n) is 7.12. The number of carbonyl (C=O) groups excluding carboxylic acids is 1. The largest absolute Gasteiger partial charge is 0.341 e. The molecule has 2 heterocycles. The van der Waals surface area contributed by atoms with Crippen LogP contribution in [0.4, 0.5) is 0 Å². The summed E-state index contributed by atoms with van der Waals surface area (Å²) >= 11 is 0. The van der Waals surface area contributed by atoms with Gasteiger partial charge in [-0.05, 0) is 38.3 Å². The minimum atomic E-state index is -2.95. The van der Waals surface area contributed by atoms with Gasteiger partial charge in [-0.25, -0.2) is 13.1 Å². The van der Waals surface area contributed by atoms with Crippen LogP contribution in [-0.4, -0.2) is 47.6 Å². The molecule has 6 nitrogen and oxygen atoms in total. The van der Waals surface area contributed by atoms with Gasteiger partial charge in [-0.3, -0.25) is 4.79 Å². The Morgan fingerprint density at radius 3 is 2.58 bits per heavy atom. The topological polar surface area (TPSA) is 72.3 Å². The van der Waals surface area contributed by atoms with Crippen LogP contribution in [0.15, 0.2) is 30.3 Å². The van der Waals surface area contributed by atoms with Crippen LogP contribution in [0.2, 0.25) is 0 Å². The van der Waals surface area contributed by atoms with Crippen molar-refractivity contribution in [2.45, 2.75) is 33.2 Å². The Bertz CT molecular complexity index is 904. The first kappa shape index (κ1) is 18.6. The number of benzene rings is 1. The molecular formula is C19H25N3O3S. The van der Waals surface area contributed by atoms with Gasteiger partial charge in [0.2, 0.25) is 5.91 Å². The summed E-state index contributed by atoms with van der Waals surface area (Å²) in [5, 5.41) is 4.61. The van der Waals surface area contributed by atoms with E-state index in [1.54, 1.807) is 11.9 Å². The first-order valence-electron chi connectivity index (χ1n) is 8.82. The number of rotatable bonds is 5. The minimum absolute atomic E-state index is 0.0154. The molecule has 140 valence electrons. The van der Waals surface area contributed by atoms with Crippen molar-refractivity contribution < 1.29 is 13.2 Å². The Balaban J connectivity index is 1.70. The third-order valence-corrected chi connectivity index (χ3v) is 6.89. The number of hydrogen-bond donors (Lipinski definition) is 0. The lowest BCUT2D eigenvalue weighted by molar-refractivity contribution is -0.131. The summed E-state index contributed by atoms with van der Waals surface area (Å²) in [7, 11) is -1.18. The fourth-order valence-corrected chi connectivity index (χ4v) is 5.35. The summed E-state index contributed by atoms with van der Waals surface area (Å²) in [6.07, 6.45) is 0.882. The van der Waals surface area contributed by atoms with E-state index in [0.29, 0.717) is 19.4 Å². The molecule has 7 heteroatoms. The smallest absolute Gasteiger partial charge is 0.222 e. The van der Waals surface area contributed by atoms with Crippen LogP contribution in [0.25, 0.3) is 5.69 Å². The molecule has 3 rings (SSSR count). The summed E-state index contributed by atoms with van der Waals surface area (Å²) in [6.45, 7) is 4.43. The molecular weight excluding hydrogens is 350 g/mol. The molecule has 0 radical (unpaired) electrons. The summed E-state index contributed by atoms with van der Waals surface area (Å²) < 4.78 is 25.0. The van der Waals surface area contributed by atoms with Crippen molar-refractivity contribution >= 4 is 15.7 Å². The Hall–Kier alpha value is -2.15. The standard InChI is InChI=1S/C19H25N3O3S/c1-14-18(15(2)22(20-14)17-7-5-4-6-8-17)12-21(3)19(23)11-16-9-10-26(24,25)13-16/h4-8,16H,9-13H2,1-3H3/t16-/m1/s1. The first-order chi connectivity index (χ1) is 12.3. The Morgan fingerprint density at radius 1 is 1.27 bits per heavy atom. The van der Waals surface area contributed by atoms with Crippen molar-refractivity contribution in [1.29, 1.82) is 0 Å². The van der Waals surface area contributed by atoms with Crippen LogP contribution in [-0.2, 0) is 21.2 Å². The van der Waals surface area contributed by atoms with Gasteiger partial charge in [0.25, 0.3) is 0 Å². The number of nitrogens with zero attached hydrogens (tertiary/aromatic N) is 3. The maximum Gasteiger partial charge on any atom is 0.222 e. The molecule has 26 heavy (non-hydrogen) atoms. The van der Waals surface area contributed by atoms with Crippen molar-refractivity contribution in [2.24, 2.45) is 5.92 Å². The van der Waals surface area contributed by atoms with Gasteiger partial charge in [-0.15, -0.1) is 0 Å². The molecule has 1 aromatic carbocycles. The number of sulfone groups is 1. The van der Waals surface area contributed by atoms with Gasteiger partial charge in [0.15, 0.2) is 9.84 Å². The highest BCUT2D eigenvalue weighted by Gasteiger charge is 2.30. The van der Waals surface area contributed by atoms with Crippen LogP contribution in [0, 0.1) is 19.8 Å². The van der Waals surface area contributed by atoms with Crippen molar-refractivity contribution in [2.75, 3.05) is 18.6 Å². The summed E-state index contributed by atoms with van der Waals surface area (Å²) in [4.78, 5) is 14.2. The summed E-state index contributed by atoms with van der Waals surface area (Å²) in [6, 6.07) is 9.90. The van der Waals surface area contributed by atoms with E-state index in [2.05, 4.69) is 5.10 Å². The van der Waals surface area contributed by atoms with Crippen LogP contribution in [0.5, 0.6) is 0 Å². The maximum atomic E-state index is 12.5. The molecule has 0 unspecified atom stereocenters. The number of hydrogen-bond acceptors (Lipinski definition) is 4. The van der Waals surface area contributed by atoms with Gasteiger partial charge >= 0.3 is 0 Å². The number of para-hydroxylation sites is 1. The molecule has 0 N–H and O–H groups in total. The molecule has 0 saturated carbocycles. The van der Waals surface area contributed by atoms with E-state index < -0.39 is 9.84 Å². The van der Waals surface area contributed by atoms with Crippen molar-refractivity contribution in [3.63, 3.8) is 0 Å². The Kier molecular flexibility index (Phi) is 5.18. The van der Waals surface area contributed by atoms with Crippen molar-refractivity contribution in [3.8, 4) is 5.69 Å². The van der Waals surface area contributed by atoms with E-state index in [4.69, 9.17) is 0 Å². The molecule has 2 aromatic rings. The molecule has 0 spiro atoms. The molecule has 1 amide bonds. The summed E-state index contributed by atoms with van der Waals surface area (Å²) in [5.74, 6) is 0.273. The van der Waals surface area contributed by atoms with E-state index in [1.807, 2.05) is 48.9 Å². The predicted octanol–water partition coefficient (Wildman–Crippen LogP) is 2.27. The lowest BCUT2D eigenvalue weighted by Gasteiger charge is -2.19. The van der Waals surface area contributed by atoms with Crippen molar-refractivity contribution in [3.05, 3.63) is 47.3 Å². The average molecular weight is 375 g/mol. The normalized spacial score (nSPS) is 18.8. The number of aryl methyl sites for hydroxylation is 1. The fourth-order valence-electron chi connectivity index (χ4n) is 3.49. The highest BCUT2D eigenvalue weighted by Crippen LogP contribution is 2.24. The second-order valence-corrected chi connectivity index (χ2v) is 9.35. The van der Waals surface area contributed by atoms with Gasteiger partial charge in [-0.1, -0.05) is 18.2 Å². The monoisotopic (exact) mass is 375 g/mol. The number of amides is 1. The van der Waals surface area contributed by atoms with Gasteiger partial charge < -0.3 is 4.90 Å². The predicted molar refractivity (Wildman–Crippen MR) is 101 cm³/mol. The summed E-state index contributed by atoms with van der Waals surface area (Å²) in [5.41, 5.74) is 3.93. The molecule has 1 aliphatic heterocycles. The molecule has 1 aliphatic rings. The highest BCUT2D eigenvalue weighted by molar-refractivity contribution is 7.91. The van der Waals surface area contributed by atoms with Gasteiger partial charge in [0, 0.05) is 31.3 Å². The number of aromatic nitrogens is 2. The SMILES string of the molecule is Cc1nn(-c2ccccc2)c(C)c1CN(C)C(=O)C[C@H]1CCS(=O)(=O)C1. The quantitative estimate of drug-likeness (QED) is 0.804. The van der Waals surface area contributed by atoms with Gasteiger partial charge in [0.1, 0.15) is 0 Å². The molecule has 0 bridgehead atoms. The average Bonchev–Trinajstić information content (AvgIpc) is 3.08. The van der Waals surface area contributed by atoms with E-state index >= 15 is 0 Å². The second kappa shape index (κ2) is 7.23. The lowest BCUT2D eigenvalue weighted by atomic mass is 10.0. The number of carbonyl (C=O) groups is 1. The zero-order valence-corrected chi connectivity index (χ0v) is 16.3. The van der Waals surface area contributed by atoms with Crippen LogP contribution in [0.3, 0.4) is 0 Å². The van der Waals surface area contributed by atoms with Gasteiger partial charge in [0.05, 0.1) is 22.9 Å². The maximum absolute atomic E-state index is 12.5. The molecule has 0 aliphatic carbocycles. The first-order valence-corrected chi connectivity index (χ1v) is 10.6. The Labute approximate surface area is 154 Å². The van der Waals surface area contributed by atoms with Crippen molar-refractivity contribution in [1.82, 2.24) is 14.7 Å². The van der Waals surface area contributed by atoms with Crippen LogP contribution >= 0.6 is 0 Å². The molecule has 1 fully saturated rings. The molecule has 1 saturated heterocycles. The van der Waals surface area contributed by atoms with Crippen LogP contribution in [0.1, 0.15) is 29.8 Å². The van der Waals surface area contributed by atoms with E-state index in [9.17, 15) is 13.2 Å². The third kappa shape index (κ3) is 3.98. The molecule has 1 aromatic heterocycles. The molecule has 1 atom stereocenters. The lowest BCUT2D eigenvalue weighted by Crippen LogP contribution is -2.28. The third-order valence-electron chi connectivity index (χ3n) is 5.05. The zero-order valence-electron chi connectivity index (χ0n) is 15.5. The van der Waals surface area contributed by atoms with E-state index in [1.165, 1.54) is 0 Å². The minimum Gasteiger partial charge on any atom is -0.341 e. The van der Waals surface area contributed by atoms with E-state index in [-0.39, 0.29) is 23.3 Å². The highest BCUT2D eigenvalue weighted by atomic mass is 32.2. The van der Waals surface area contributed by atoms with Crippen LogP contribution < -0.4 is 0 Å². The fraction of sp³-hybridized carbons (Fsp3) is 0.474. The Morgan fingerprint density at radius 2 is 1.96 bits per heavy atom. The van der Waals surface area contributed by atoms with E-state index in [0.717, 1.165) is 22.6 Å². The van der Waals surface area contributed by atoms with Gasteiger partial charge in [-0.2, -0.15) is 5.10 Å².